The van der Waals surface area contributed by atoms with Gasteiger partial charge in [0.25, 0.3) is 0 Å². The summed E-state index contributed by atoms with van der Waals surface area (Å²) in [6, 6.07) is 14.9. The molecule has 174 valence electrons. The summed E-state index contributed by atoms with van der Waals surface area (Å²) in [5.41, 5.74) is 7.62. The molecule has 1 aliphatic rings. The lowest BCUT2D eigenvalue weighted by molar-refractivity contribution is 0.413. The minimum absolute atomic E-state index is 0.245. The van der Waals surface area contributed by atoms with E-state index < -0.39 is 0 Å². The summed E-state index contributed by atoms with van der Waals surface area (Å²) in [7, 11) is 1.63. The van der Waals surface area contributed by atoms with Crippen LogP contribution >= 0.6 is 0 Å². The summed E-state index contributed by atoms with van der Waals surface area (Å²) in [5, 5.41) is 15.5. The van der Waals surface area contributed by atoms with Crippen molar-refractivity contribution in [2.24, 2.45) is 0 Å². The Morgan fingerprint density at radius 1 is 1.03 bits per heavy atom. The van der Waals surface area contributed by atoms with Gasteiger partial charge < -0.3 is 25.8 Å². The van der Waals surface area contributed by atoms with Gasteiger partial charge in [0.1, 0.15) is 35.2 Å². The van der Waals surface area contributed by atoms with Crippen molar-refractivity contribution in [2.75, 3.05) is 31.2 Å². The van der Waals surface area contributed by atoms with Crippen molar-refractivity contribution >= 4 is 17.3 Å². The van der Waals surface area contributed by atoms with Crippen molar-refractivity contribution < 1.29 is 9.47 Å². The first-order valence-electron chi connectivity index (χ1n) is 11.2. The van der Waals surface area contributed by atoms with Gasteiger partial charge in [-0.25, -0.2) is 9.97 Å². The number of rotatable bonds is 7. The van der Waals surface area contributed by atoms with Crippen LogP contribution in [0.1, 0.15) is 37.8 Å². The van der Waals surface area contributed by atoms with Gasteiger partial charge in [-0.3, -0.25) is 5.41 Å². The number of nitrogens with two attached hydrogens (primary N) is 1. The summed E-state index contributed by atoms with van der Waals surface area (Å²) in [4.78, 5) is 8.46. The number of anilines is 2. The molecule has 2 heterocycles. The molecule has 1 unspecified atom stereocenters. The quantitative estimate of drug-likeness (QED) is 0.394. The highest BCUT2D eigenvalue weighted by Crippen LogP contribution is 2.27. The third-order valence-corrected chi connectivity index (χ3v) is 5.20. The van der Waals surface area contributed by atoms with Crippen LogP contribution in [0.4, 0.5) is 11.6 Å². The molecule has 0 bridgehead atoms. The van der Waals surface area contributed by atoms with Crippen molar-refractivity contribution in [1.82, 2.24) is 15.3 Å². The summed E-state index contributed by atoms with van der Waals surface area (Å²) in [6.07, 6.45) is 3.57. The number of aromatic nitrogens is 2. The molecule has 1 atom stereocenters. The second-order valence-electron chi connectivity index (χ2n) is 7.35. The minimum Gasteiger partial charge on any atom is -0.497 e. The molecule has 1 aliphatic heterocycles. The smallest absolute Gasteiger partial charge is 0.141 e. The number of nitrogens with one attached hydrogen (secondary N) is 3. The molecule has 0 amide bonds. The predicted octanol–water partition coefficient (Wildman–Crippen LogP) is 4.47. The maximum atomic E-state index is 8.74. The maximum absolute atomic E-state index is 8.74. The van der Waals surface area contributed by atoms with E-state index in [1.54, 1.807) is 7.11 Å². The van der Waals surface area contributed by atoms with Gasteiger partial charge in [0.05, 0.1) is 18.4 Å². The van der Waals surface area contributed by atoms with Gasteiger partial charge in [-0.2, -0.15) is 0 Å². The molecule has 0 radical (unpaired) electrons. The fourth-order valence-corrected chi connectivity index (χ4v) is 3.54. The third kappa shape index (κ3) is 6.20. The number of hydrogen-bond acceptors (Lipinski definition) is 8. The van der Waals surface area contributed by atoms with Gasteiger partial charge >= 0.3 is 0 Å². The first kappa shape index (κ1) is 24.0. The minimum atomic E-state index is 0.245. The molecule has 0 spiro atoms. The Hall–Kier alpha value is -3.65. The van der Waals surface area contributed by atoms with Crippen LogP contribution in [-0.4, -0.2) is 41.9 Å². The van der Waals surface area contributed by atoms with Crippen LogP contribution in [0.3, 0.4) is 0 Å². The zero-order valence-electron chi connectivity index (χ0n) is 19.4. The van der Waals surface area contributed by atoms with Crippen molar-refractivity contribution in [3.8, 4) is 17.2 Å². The summed E-state index contributed by atoms with van der Waals surface area (Å²) >= 11 is 0. The maximum Gasteiger partial charge on any atom is 0.141 e. The normalized spacial score (nSPS) is 15.1. The Labute approximate surface area is 195 Å². The van der Waals surface area contributed by atoms with Crippen LogP contribution in [0.25, 0.3) is 0 Å². The molecular formula is C25H32N6O2. The Morgan fingerprint density at radius 3 is 2.27 bits per heavy atom. The standard InChI is InChI=1S/C23H26N6O2.C2H6/c1-30-17-8-10-19(11-9-17)31-18-6-4-15(5-7-18)21(24)20-22(25)27-14-28-23(20)29-16-3-2-12-26-13-16;1-2/h4-11,14,16,24,26H,2-3,12-13H2,1H3,(H3,25,27,28,29);1-2H3. The Balaban J connectivity index is 0.00000149. The molecule has 1 saturated heterocycles. The molecule has 2 aromatic carbocycles. The molecule has 33 heavy (non-hydrogen) atoms. The van der Waals surface area contributed by atoms with Crippen molar-refractivity contribution in [1.29, 1.82) is 5.41 Å². The summed E-state index contributed by atoms with van der Waals surface area (Å²) < 4.78 is 11.0. The highest BCUT2D eigenvalue weighted by atomic mass is 16.5. The van der Waals surface area contributed by atoms with Gasteiger partial charge in [-0.05, 0) is 67.9 Å². The van der Waals surface area contributed by atoms with E-state index in [4.69, 9.17) is 20.6 Å². The van der Waals surface area contributed by atoms with Gasteiger partial charge in [-0.15, -0.1) is 0 Å². The first-order valence-corrected chi connectivity index (χ1v) is 11.2. The monoisotopic (exact) mass is 448 g/mol. The van der Waals surface area contributed by atoms with Crippen LogP contribution in [-0.2, 0) is 0 Å². The first-order chi connectivity index (χ1) is 16.1. The molecule has 5 N–H and O–H groups in total. The molecular weight excluding hydrogens is 416 g/mol. The van der Waals surface area contributed by atoms with Crippen LogP contribution in [0.15, 0.2) is 54.9 Å². The van der Waals surface area contributed by atoms with Crippen LogP contribution < -0.4 is 25.8 Å². The van der Waals surface area contributed by atoms with Crippen LogP contribution in [0, 0.1) is 5.41 Å². The highest BCUT2D eigenvalue weighted by Gasteiger charge is 2.20. The number of ether oxygens (including phenoxy) is 2. The summed E-state index contributed by atoms with van der Waals surface area (Å²) in [5.74, 6) is 3.02. The van der Waals surface area contributed by atoms with Crippen molar-refractivity contribution in [2.45, 2.75) is 32.7 Å². The molecule has 0 saturated carbocycles. The second-order valence-corrected chi connectivity index (χ2v) is 7.35. The van der Waals surface area contributed by atoms with Crippen LogP contribution in [0.2, 0.25) is 0 Å². The summed E-state index contributed by atoms with van der Waals surface area (Å²) in [6.45, 7) is 5.88. The predicted molar refractivity (Wildman–Crippen MR) is 133 cm³/mol. The van der Waals surface area contributed by atoms with E-state index in [9.17, 15) is 0 Å². The zero-order valence-corrected chi connectivity index (χ0v) is 19.4. The van der Waals surface area contributed by atoms with Gasteiger partial charge in [-0.1, -0.05) is 13.8 Å². The Bertz CT molecular complexity index is 1030. The SMILES string of the molecule is CC.COc1ccc(Oc2ccc(C(=N)c3c(N)ncnc3NC3CCCNC3)cc2)cc1. The molecule has 4 rings (SSSR count). The number of hydrogen-bond donors (Lipinski definition) is 4. The molecule has 1 aromatic heterocycles. The number of nitrogen functional groups attached to an aromatic ring is 1. The van der Waals surface area contributed by atoms with Gasteiger partial charge in [0.2, 0.25) is 0 Å². The van der Waals surface area contributed by atoms with E-state index >= 15 is 0 Å². The van der Waals surface area contributed by atoms with E-state index in [2.05, 4.69) is 20.6 Å². The Kier molecular flexibility index (Phi) is 8.60. The molecule has 8 heteroatoms. The van der Waals surface area contributed by atoms with Crippen molar-refractivity contribution in [3.05, 3.63) is 66.0 Å². The average molecular weight is 449 g/mol. The van der Waals surface area contributed by atoms with E-state index in [0.717, 1.165) is 31.7 Å². The molecule has 8 nitrogen and oxygen atoms in total. The second kappa shape index (κ2) is 11.8. The van der Waals surface area contributed by atoms with Gasteiger partial charge in [0, 0.05) is 18.2 Å². The lowest BCUT2D eigenvalue weighted by Gasteiger charge is -2.25. The third-order valence-electron chi connectivity index (χ3n) is 5.20. The van der Waals surface area contributed by atoms with E-state index in [-0.39, 0.29) is 17.6 Å². The lowest BCUT2D eigenvalue weighted by atomic mass is 10.0. The Morgan fingerprint density at radius 2 is 1.67 bits per heavy atom. The van der Waals surface area contributed by atoms with Crippen LogP contribution in [0.5, 0.6) is 17.2 Å². The van der Waals surface area contributed by atoms with E-state index in [1.165, 1.54) is 6.33 Å². The molecule has 1 fully saturated rings. The number of nitrogens with zero attached hydrogens (tertiary/aromatic N) is 2. The molecule has 0 aliphatic carbocycles. The average Bonchev–Trinajstić information content (AvgIpc) is 2.87. The highest BCUT2D eigenvalue weighted by molar-refractivity contribution is 6.16. The number of piperidine rings is 1. The van der Waals surface area contributed by atoms with Crippen molar-refractivity contribution in [3.63, 3.8) is 0 Å². The topological polar surface area (TPSA) is 118 Å². The fraction of sp³-hybridized carbons (Fsp3) is 0.320. The lowest BCUT2D eigenvalue weighted by Crippen LogP contribution is -2.39. The fourth-order valence-electron chi connectivity index (χ4n) is 3.54. The number of methoxy groups -OCH3 is 1. The van der Waals surface area contributed by atoms with Gasteiger partial charge in [0.15, 0.2) is 0 Å². The zero-order chi connectivity index (χ0) is 23.6. The largest absolute Gasteiger partial charge is 0.497 e. The number of benzene rings is 2. The van der Waals surface area contributed by atoms with E-state index in [1.807, 2.05) is 62.4 Å². The molecule has 3 aromatic rings. The van der Waals surface area contributed by atoms with E-state index in [0.29, 0.717) is 28.4 Å².